The highest BCUT2D eigenvalue weighted by Gasteiger charge is 2.47. The van der Waals surface area contributed by atoms with Gasteiger partial charge in [0.05, 0.1) is 34.7 Å². The lowest BCUT2D eigenvalue weighted by atomic mass is 9.95. The molecule has 2 heterocycles. The largest absolute Gasteiger partial charge is 0.507 e. The molecule has 2 fully saturated rings. The third kappa shape index (κ3) is 4.72. The number of ketones is 1. The molecule has 8 nitrogen and oxygen atoms in total. The Morgan fingerprint density at radius 3 is 2.29 bits per heavy atom. The Kier molecular flexibility index (Phi) is 7.30. The number of anilines is 1. The molecule has 1 amide bonds. The van der Waals surface area contributed by atoms with Crippen molar-refractivity contribution in [2.24, 2.45) is 0 Å². The summed E-state index contributed by atoms with van der Waals surface area (Å²) < 4.78 is 33.2. The summed E-state index contributed by atoms with van der Waals surface area (Å²) in [5.41, 5.74) is 0.685. The quantitative estimate of drug-likeness (QED) is 0.271. The Hall–Kier alpha value is -3.21. The van der Waals surface area contributed by atoms with Gasteiger partial charge in [-0.1, -0.05) is 53.5 Å². The molecule has 1 N–H and O–H groups in total. The van der Waals surface area contributed by atoms with E-state index in [1.807, 2.05) is 0 Å². The van der Waals surface area contributed by atoms with Crippen molar-refractivity contribution >= 4 is 56.4 Å². The summed E-state index contributed by atoms with van der Waals surface area (Å²) in [6, 6.07) is 17.7. The molecule has 1 unspecified atom stereocenters. The molecular formula is C27H22Cl2N2O6S. The Labute approximate surface area is 229 Å². The standard InChI is InChI=1S/C27H22Cl2N2O6S/c28-18-10-8-17(9-11-18)24-23(25(32)21-6-1-2-7-22(21)29)26(33)27(34)31(24)19-4-3-5-20(16-19)38(35,36)30-12-14-37-15-13-30/h1-11,16,24,32H,12-15H2/b25-23+. The second-order valence-corrected chi connectivity index (χ2v) is 11.5. The van der Waals surface area contributed by atoms with Crippen LogP contribution in [0.1, 0.15) is 17.2 Å². The van der Waals surface area contributed by atoms with Gasteiger partial charge in [0.15, 0.2) is 0 Å². The van der Waals surface area contributed by atoms with Crippen LogP contribution in [-0.2, 0) is 24.3 Å². The topological polar surface area (TPSA) is 104 Å². The van der Waals surface area contributed by atoms with Crippen molar-refractivity contribution in [2.75, 3.05) is 31.2 Å². The fourth-order valence-corrected chi connectivity index (χ4v) is 6.39. The van der Waals surface area contributed by atoms with Crippen molar-refractivity contribution in [1.29, 1.82) is 0 Å². The minimum atomic E-state index is -3.88. The lowest BCUT2D eigenvalue weighted by Crippen LogP contribution is -2.40. The number of amides is 1. The second-order valence-electron chi connectivity index (χ2n) is 8.71. The molecule has 1 atom stereocenters. The molecule has 3 aromatic rings. The van der Waals surface area contributed by atoms with Gasteiger partial charge in [-0.05, 0) is 48.0 Å². The van der Waals surface area contributed by atoms with Gasteiger partial charge in [0.25, 0.3) is 11.7 Å². The van der Waals surface area contributed by atoms with E-state index in [1.165, 1.54) is 27.4 Å². The number of hydrogen-bond acceptors (Lipinski definition) is 6. The van der Waals surface area contributed by atoms with Crippen molar-refractivity contribution in [3.05, 3.63) is 99.5 Å². The highest BCUT2D eigenvalue weighted by Crippen LogP contribution is 2.43. The number of carbonyl (C=O) groups is 2. The zero-order valence-corrected chi connectivity index (χ0v) is 22.2. The van der Waals surface area contributed by atoms with Crippen molar-refractivity contribution in [1.82, 2.24) is 4.31 Å². The van der Waals surface area contributed by atoms with Crippen LogP contribution in [0.15, 0.2) is 83.3 Å². The van der Waals surface area contributed by atoms with Gasteiger partial charge in [0.1, 0.15) is 5.76 Å². The van der Waals surface area contributed by atoms with Gasteiger partial charge in [0, 0.05) is 29.4 Å². The summed E-state index contributed by atoms with van der Waals surface area (Å²) in [6.07, 6.45) is 0. The summed E-state index contributed by atoms with van der Waals surface area (Å²) in [5.74, 6) is -2.28. The number of sulfonamides is 1. The molecule has 0 saturated carbocycles. The molecule has 2 saturated heterocycles. The molecule has 11 heteroatoms. The molecule has 0 aromatic heterocycles. The molecule has 0 radical (unpaired) electrons. The second kappa shape index (κ2) is 10.5. The SMILES string of the molecule is O=C1C(=O)N(c2cccc(S(=O)(=O)N3CCOCC3)c2)C(c2ccc(Cl)cc2)/C1=C(\O)c1ccccc1Cl. The lowest BCUT2D eigenvalue weighted by Gasteiger charge is -2.28. The molecule has 0 aliphatic carbocycles. The number of ether oxygens (including phenoxy) is 1. The van der Waals surface area contributed by atoms with Crippen LogP contribution in [0.4, 0.5) is 5.69 Å². The summed E-state index contributed by atoms with van der Waals surface area (Å²) >= 11 is 12.4. The van der Waals surface area contributed by atoms with E-state index in [9.17, 15) is 23.1 Å². The first-order chi connectivity index (χ1) is 18.2. The molecular weight excluding hydrogens is 551 g/mol. The van der Waals surface area contributed by atoms with Gasteiger partial charge in [-0.25, -0.2) is 8.42 Å². The minimum Gasteiger partial charge on any atom is -0.507 e. The van der Waals surface area contributed by atoms with E-state index in [0.717, 1.165) is 0 Å². The molecule has 196 valence electrons. The first-order valence-corrected chi connectivity index (χ1v) is 13.9. The summed E-state index contributed by atoms with van der Waals surface area (Å²) in [6.45, 7) is 0.984. The van der Waals surface area contributed by atoms with Gasteiger partial charge in [-0.3, -0.25) is 14.5 Å². The van der Waals surface area contributed by atoms with Gasteiger partial charge >= 0.3 is 0 Å². The number of benzene rings is 3. The van der Waals surface area contributed by atoms with Crippen LogP contribution in [0.5, 0.6) is 0 Å². The molecule has 2 aliphatic heterocycles. The van der Waals surface area contributed by atoms with Crippen LogP contribution in [0.2, 0.25) is 10.0 Å². The number of morpholine rings is 1. The van der Waals surface area contributed by atoms with E-state index in [-0.39, 0.29) is 53.0 Å². The average molecular weight is 573 g/mol. The fourth-order valence-electron chi connectivity index (χ4n) is 4.59. The number of halogens is 2. The maximum atomic E-state index is 13.4. The van der Waals surface area contributed by atoms with E-state index in [4.69, 9.17) is 27.9 Å². The summed E-state index contributed by atoms with van der Waals surface area (Å²) in [5, 5.41) is 11.9. The molecule has 0 spiro atoms. The van der Waals surface area contributed by atoms with E-state index in [2.05, 4.69) is 0 Å². The monoisotopic (exact) mass is 572 g/mol. The summed E-state index contributed by atoms with van der Waals surface area (Å²) in [7, 11) is -3.88. The zero-order chi connectivity index (χ0) is 27.0. The first-order valence-electron chi connectivity index (χ1n) is 11.7. The number of nitrogens with zero attached hydrogens (tertiary/aromatic N) is 2. The van der Waals surface area contributed by atoms with Gasteiger partial charge in [-0.2, -0.15) is 4.31 Å². The number of Topliss-reactive ketones (excluding diaryl/α,β-unsaturated/α-hetero) is 1. The van der Waals surface area contributed by atoms with E-state index < -0.39 is 33.5 Å². The molecule has 0 bridgehead atoms. The predicted molar refractivity (Wildman–Crippen MR) is 144 cm³/mol. The number of carbonyl (C=O) groups excluding carboxylic acids is 2. The van der Waals surface area contributed by atoms with Crippen molar-refractivity contribution < 1.29 is 27.9 Å². The lowest BCUT2D eigenvalue weighted by molar-refractivity contribution is -0.132. The average Bonchev–Trinajstić information content (AvgIpc) is 3.19. The Bertz CT molecular complexity index is 1550. The number of rotatable bonds is 5. The Morgan fingerprint density at radius 2 is 1.61 bits per heavy atom. The van der Waals surface area contributed by atoms with Gasteiger partial charge in [0.2, 0.25) is 10.0 Å². The molecule has 5 rings (SSSR count). The Balaban J connectivity index is 1.67. The van der Waals surface area contributed by atoms with Crippen LogP contribution >= 0.6 is 23.2 Å². The van der Waals surface area contributed by atoms with Crippen LogP contribution in [0.3, 0.4) is 0 Å². The summed E-state index contributed by atoms with van der Waals surface area (Å²) in [4.78, 5) is 28.0. The third-order valence-corrected chi connectivity index (χ3v) is 8.94. The smallest absolute Gasteiger partial charge is 0.300 e. The predicted octanol–water partition coefficient (Wildman–Crippen LogP) is 4.64. The number of aliphatic hydroxyl groups is 1. The van der Waals surface area contributed by atoms with E-state index in [1.54, 1.807) is 54.6 Å². The van der Waals surface area contributed by atoms with Crippen LogP contribution in [0, 0.1) is 0 Å². The fraction of sp³-hybridized carbons (Fsp3) is 0.185. The number of aliphatic hydroxyl groups excluding tert-OH is 1. The van der Waals surface area contributed by atoms with Crippen molar-refractivity contribution in [2.45, 2.75) is 10.9 Å². The van der Waals surface area contributed by atoms with Gasteiger partial charge < -0.3 is 9.84 Å². The third-order valence-electron chi connectivity index (χ3n) is 6.46. The highest BCUT2D eigenvalue weighted by atomic mass is 35.5. The Morgan fingerprint density at radius 1 is 0.921 bits per heavy atom. The van der Waals surface area contributed by atoms with Crippen molar-refractivity contribution in [3.8, 4) is 0 Å². The molecule has 3 aromatic carbocycles. The zero-order valence-electron chi connectivity index (χ0n) is 19.9. The van der Waals surface area contributed by atoms with Crippen LogP contribution in [-0.4, -0.2) is 55.8 Å². The van der Waals surface area contributed by atoms with E-state index in [0.29, 0.717) is 10.6 Å². The highest BCUT2D eigenvalue weighted by molar-refractivity contribution is 7.89. The van der Waals surface area contributed by atoms with Crippen LogP contribution in [0.25, 0.3) is 5.76 Å². The van der Waals surface area contributed by atoms with E-state index >= 15 is 0 Å². The first kappa shape index (κ1) is 26.4. The number of hydrogen-bond donors (Lipinski definition) is 1. The van der Waals surface area contributed by atoms with Crippen LogP contribution < -0.4 is 4.90 Å². The van der Waals surface area contributed by atoms with Gasteiger partial charge in [-0.15, -0.1) is 0 Å². The molecule has 2 aliphatic rings. The normalized spacial score (nSPS) is 20.2. The van der Waals surface area contributed by atoms with Crippen molar-refractivity contribution in [3.63, 3.8) is 0 Å². The maximum absolute atomic E-state index is 13.4. The molecule has 38 heavy (non-hydrogen) atoms. The minimum absolute atomic E-state index is 0.0280. The maximum Gasteiger partial charge on any atom is 0.300 e.